The Hall–Kier alpha value is -1.48. The van der Waals surface area contributed by atoms with Crippen LogP contribution in [0.3, 0.4) is 0 Å². The molecule has 2 aromatic rings. The summed E-state index contributed by atoms with van der Waals surface area (Å²) in [5.74, 6) is 0.208. The molecule has 1 aromatic heterocycles. The largest absolute Gasteiger partial charge is 0.341 e. The van der Waals surface area contributed by atoms with Crippen molar-refractivity contribution in [1.82, 2.24) is 9.47 Å². The maximum Gasteiger partial charge on any atom is 0.242 e. The van der Waals surface area contributed by atoms with Crippen molar-refractivity contribution in [2.45, 2.75) is 19.4 Å². The zero-order chi connectivity index (χ0) is 12.5. The molecule has 0 unspecified atom stereocenters. The summed E-state index contributed by atoms with van der Waals surface area (Å²) >= 11 is 5.95. The van der Waals surface area contributed by atoms with Crippen LogP contribution in [0.4, 0.5) is 0 Å². The van der Waals surface area contributed by atoms with Crippen LogP contribution in [0.5, 0.6) is 0 Å². The first kappa shape index (κ1) is 11.6. The van der Waals surface area contributed by atoms with Crippen LogP contribution in [0.25, 0.3) is 10.9 Å². The molecular weight excluding hydrogens is 248 g/mol. The van der Waals surface area contributed by atoms with Crippen LogP contribution in [0.2, 0.25) is 5.02 Å². The third-order valence-electron chi connectivity index (χ3n) is 3.50. The van der Waals surface area contributed by atoms with Crippen LogP contribution >= 0.6 is 11.6 Å². The quantitative estimate of drug-likeness (QED) is 0.817. The van der Waals surface area contributed by atoms with Gasteiger partial charge in [-0.3, -0.25) is 4.79 Å². The summed E-state index contributed by atoms with van der Waals surface area (Å²) in [6.45, 7) is 2.23. The number of fused-ring (bicyclic) bond motifs is 1. The molecule has 0 spiro atoms. The van der Waals surface area contributed by atoms with Gasteiger partial charge in [-0.2, -0.15) is 0 Å². The van der Waals surface area contributed by atoms with Gasteiger partial charge >= 0.3 is 0 Å². The van der Waals surface area contributed by atoms with Crippen molar-refractivity contribution in [3.05, 3.63) is 35.5 Å². The molecule has 2 heterocycles. The predicted octanol–water partition coefficient (Wildman–Crippen LogP) is 2.92. The summed E-state index contributed by atoms with van der Waals surface area (Å²) in [6, 6.07) is 7.75. The molecule has 18 heavy (non-hydrogen) atoms. The van der Waals surface area contributed by atoms with E-state index in [1.54, 1.807) is 0 Å². The number of halogens is 1. The van der Waals surface area contributed by atoms with Crippen molar-refractivity contribution >= 4 is 28.4 Å². The van der Waals surface area contributed by atoms with E-state index in [1.807, 2.05) is 39.9 Å². The van der Waals surface area contributed by atoms with E-state index < -0.39 is 0 Å². The van der Waals surface area contributed by atoms with Crippen molar-refractivity contribution in [2.24, 2.45) is 0 Å². The lowest BCUT2D eigenvalue weighted by atomic mass is 10.2. The van der Waals surface area contributed by atoms with Gasteiger partial charge < -0.3 is 9.47 Å². The number of likely N-dealkylation sites (tertiary alicyclic amines) is 1. The van der Waals surface area contributed by atoms with Gasteiger partial charge in [0.15, 0.2) is 0 Å². The standard InChI is InChI=1S/C14H15ClN2O/c15-12-3-4-13-11(9-12)5-8-17(13)10-14(18)16-6-1-2-7-16/h3-5,8-9H,1-2,6-7,10H2. The minimum Gasteiger partial charge on any atom is -0.341 e. The van der Waals surface area contributed by atoms with Gasteiger partial charge in [-0.1, -0.05) is 11.6 Å². The molecule has 3 nitrogen and oxygen atoms in total. The Labute approximate surface area is 111 Å². The summed E-state index contributed by atoms with van der Waals surface area (Å²) in [6.07, 6.45) is 4.22. The fourth-order valence-electron chi connectivity index (χ4n) is 2.52. The fraction of sp³-hybridized carbons (Fsp3) is 0.357. The van der Waals surface area contributed by atoms with Gasteiger partial charge in [-0.15, -0.1) is 0 Å². The molecule has 94 valence electrons. The summed E-state index contributed by atoms with van der Waals surface area (Å²) < 4.78 is 1.99. The van der Waals surface area contributed by atoms with Crippen LogP contribution in [0.1, 0.15) is 12.8 Å². The number of hydrogen-bond acceptors (Lipinski definition) is 1. The highest BCUT2D eigenvalue weighted by molar-refractivity contribution is 6.31. The second-order valence-corrected chi connectivity index (χ2v) is 5.17. The molecule has 1 amide bonds. The molecule has 1 aliphatic rings. The Morgan fingerprint density at radius 2 is 2.00 bits per heavy atom. The third-order valence-corrected chi connectivity index (χ3v) is 3.73. The van der Waals surface area contributed by atoms with Gasteiger partial charge in [0.05, 0.1) is 0 Å². The minimum absolute atomic E-state index is 0.208. The van der Waals surface area contributed by atoms with E-state index in [0.717, 1.165) is 41.9 Å². The molecule has 4 heteroatoms. The second kappa shape index (κ2) is 4.65. The summed E-state index contributed by atoms with van der Waals surface area (Å²) in [5, 5.41) is 1.81. The summed E-state index contributed by atoms with van der Waals surface area (Å²) in [5.41, 5.74) is 1.06. The lowest BCUT2D eigenvalue weighted by molar-refractivity contribution is -0.130. The Balaban J connectivity index is 1.84. The number of aromatic nitrogens is 1. The fourth-order valence-corrected chi connectivity index (χ4v) is 2.70. The lowest BCUT2D eigenvalue weighted by Crippen LogP contribution is -2.30. The maximum atomic E-state index is 12.1. The molecule has 0 radical (unpaired) electrons. The zero-order valence-corrected chi connectivity index (χ0v) is 10.9. The topological polar surface area (TPSA) is 25.2 Å². The number of benzene rings is 1. The Morgan fingerprint density at radius 1 is 1.22 bits per heavy atom. The number of nitrogens with zero attached hydrogens (tertiary/aromatic N) is 2. The average molecular weight is 263 g/mol. The monoisotopic (exact) mass is 262 g/mol. The normalized spacial score (nSPS) is 15.5. The number of carbonyl (C=O) groups is 1. The van der Waals surface area contributed by atoms with Crippen molar-refractivity contribution in [3.63, 3.8) is 0 Å². The molecule has 3 rings (SSSR count). The number of rotatable bonds is 2. The number of amides is 1. The van der Waals surface area contributed by atoms with Crippen molar-refractivity contribution in [2.75, 3.05) is 13.1 Å². The van der Waals surface area contributed by atoms with Crippen LogP contribution in [0, 0.1) is 0 Å². The van der Waals surface area contributed by atoms with Crippen LogP contribution in [-0.4, -0.2) is 28.5 Å². The minimum atomic E-state index is 0.208. The van der Waals surface area contributed by atoms with Gasteiger partial charge in [0, 0.05) is 35.2 Å². The van der Waals surface area contributed by atoms with E-state index in [2.05, 4.69) is 0 Å². The summed E-state index contributed by atoms with van der Waals surface area (Å²) in [4.78, 5) is 14.0. The van der Waals surface area contributed by atoms with Gasteiger partial charge in [-0.05, 0) is 37.1 Å². The smallest absolute Gasteiger partial charge is 0.242 e. The van der Waals surface area contributed by atoms with Crippen molar-refractivity contribution in [1.29, 1.82) is 0 Å². The summed E-state index contributed by atoms with van der Waals surface area (Å²) in [7, 11) is 0. The Bertz CT molecular complexity index is 584. The SMILES string of the molecule is O=C(Cn1ccc2cc(Cl)ccc21)N1CCCC1. The predicted molar refractivity (Wildman–Crippen MR) is 72.8 cm³/mol. The lowest BCUT2D eigenvalue weighted by Gasteiger charge is -2.16. The highest BCUT2D eigenvalue weighted by Gasteiger charge is 2.18. The molecular formula is C14H15ClN2O. The van der Waals surface area contributed by atoms with E-state index in [0.29, 0.717) is 6.54 Å². The van der Waals surface area contributed by atoms with Crippen molar-refractivity contribution < 1.29 is 4.79 Å². The van der Waals surface area contributed by atoms with Crippen molar-refractivity contribution in [3.8, 4) is 0 Å². The van der Waals surface area contributed by atoms with E-state index in [9.17, 15) is 4.79 Å². The first-order chi connectivity index (χ1) is 8.74. The molecule has 0 N–H and O–H groups in total. The van der Waals surface area contributed by atoms with E-state index in [4.69, 9.17) is 11.6 Å². The van der Waals surface area contributed by atoms with E-state index in [1.165, 1.54) is 0 Å². The Morgan fingerprint density at radius 3 is 2.78 bits per heavy atom. The highest BCUT2D eigenvalue weighted by Crippen LogP contribution is 2.21. The van der Waals surface area contributed by atoms with Gasteiger partial charge in [0.2, 0.25) is 5.91 Å². The highest BCUT2D eigenvalue weighted by atomic mass is 35.5. The van der Waals surface area contributed by atoms with Gasteiger partial charge in [-0.25, -0.2) is 0 Å². The molecule has 0 saturated carbocycles. The maximum absolute atomic E-state index is 12.1. The zero-order valence-electron chi connectivity index (χ0n) is 10.1. The Kier molecular flexibility index (Phi) is 3.00. The number of hydrogen-bond donors (Lipinski definition) is 0. The van der Waals surface area contributed by atoms with Gasteiger partial charge in [0.25, 0.3) is 0 Å². The van der Waals surface area contributed by atoms with Crippen LogP contribution in [-0.2, 0) is 11.3 Å². The second-order valence-electron chi connectivity index (χ2n) is 4.73. The first-order valence-electron chi connectivity index (χ1n) is 6.26. The third kappa shape index (κ3) is 2.10. The number of carbonyl (C=O) groups excluding carboxylic acids is 1. The molecule has 1 fully saturated rings. The first-order valence-corrected chi connectivity index (χ1v) is 6.64. The molecule has 1 aromatic carbocycles. The molecule has 1 saturated heterocycles. The average Bonchev–Trinajstić information content (AvgIpc) is 2.98. The molecule has 0 aliphatic carbocycles. The molecule has 0 bridgehead atoms. The molecule has 1 aliphatic heterocycles. The van der Waals surface area contributed by atoms with E-state index >= 15 is 0 Å². The molecule has 0 atom stereocenters. The van der Waals surface area contributed by atoms with Gasteiger partial charge in [0.1, 0.15) is 6.54 Å². The van der Waals surface area contributed by atoms with Crippen LogP contribution < -0.4 is 0 Å². The van der Waals surface area contributed by atoms with E-state index in [-0.39, 0.29) is 5.91 Å². The van der Waals surface area contributed by atoms with Crippen LogP contribution in [0.15, 0.2) is 30.5 Å².